The molecule has 6 nitrogen and oxygen atoms in total. The molecular weight excluding hydrogens is 516 g/mol. The van der Waals surface area contributed by atoms with Crippen LogP contribution in [0.2, 0.25) is 0 Å². The van der Waals surface area contributed by atoms with E-state index >= 15 is 0 Å². The second-order valence-corrected chi connectivity index (χ2v) is 12.2. The predicted octanol–water partition coefficient (Wildman–Crippen LogP) is 7.09. The van der Waals surface area contributed by atoms with Crippen LogP contribution in [0.5, 0.6) is 0 Å². The maximum Gasteiger partial charge on any atom is 0.209 e. The molecule has 0 aliphatic heterocycles. The van der Waals surface area contributed by atoms with Gasteiger partial charge in [-0.1, -0.05) is 118 Å². The van der Waals surface area contributed by atoms with Crippen molar-refractivity contribution in [2.75, 3.05) is 6.26 Å². The lowest BCUT2D eigenvalue weighted by molar-refractivity contribution is 0.449. The smallest absolute Gasteiger partial charge is 0.209 e. The van der Waals surface area contributed by atoms with E-state index in [0.717, 1.165) is 72.4 Å². The number of hydrogen-bond acceptors (Lipinski definition) is 4. The van der Waals surface area contributed by atoms with Crippen LogP contribution in [0.1, 0.15) is 68.8 Å². The number of nitrogens with one attached hydrogen (secondary N) is 2. The summed E-state index contributed by atoms with van der Waals surface area (Å²) < 4.78 is 27.9. The molecule has 40 heavy (non-hydrogen) atoms. The first kappa shape index (κ1) is 29.7. The minimum Gasteiger partial charge on any atom is -0.326 e. The summed E-state index contributed by atoms with van der Waals surface area (Å²) in [6.45, 7) is 6.40. The van der Waals surface area contributed by atoms with Crippen LogP contribution in [0.3, 0.4) is 0 Å². The van der Waals surface area contributed by atoms with Crippen LogP contribution in [0.4, 0.5) is 0 Å². The molecule has 0 bridgehead atoms. The van der Waals surface area contributed by atoms with Crippen LogP contribution >= 0.6 is 0 Å². The molecule has 0 aliphatic carbocycles. The van der Waals surface area contributed by atoms with Crippen molar-refractivity contribution in [2.45, 2.75) is 71.6 Å². The molecule has 3 aromatic carbocycles. The third-order valence-corrected chi connectivity index (χ3v) is 7.78. The Morgan fingerprint density at radius 2 is 1.35 bits per heavy atom. The Morgan fingerprint density at radius 1 is 0.775 bits per heavy atom. The lowest BCUT2D eigenvalue weighted by Gasteiger charge is -2.23. The fourth-order valence-electron chi connectivity index (χ4n) is 4.95. The largest absolute Gasteiger partial charge is 0.326 e. The van der Waals surface area contributed by atoms with E-state index in [4.69, 9.17) is 4.98 Å². The van der Waals surface area contributed by atoms with Crippen molar-refractivity contribution in [1.29, 1.82) is 0 Å². The van der Waals surface area contributed by atoms with E-state index in [2.05, 4.69) is 101 Å². The van der Waals surface area contributed by atoms with E-state index in [9.17, 15) is 8.42 Å². The molecule has 1 atom stereocenters. The van der Waals surface area contributed by atoms with Crippen molar-refractivity contribution in [1.82, 2.24) is 19.6 Å². The van der Waals surface area contributed by atoms with E-state index in [0.29, 0.717) is 13.1 Å². The van der Waals surface area contributed by atoms with Crippen LogP contribution in [0, 0.1) is 0 Å². The first-order chi connectivity index (χ1) is 19.4. The fourth-order valence-corrected chi connectivity index (χ4v) is 5.38. The number of aromatic nitrogens is 2. The van der Waals surface area contributed by atoms with Gasteiger partial charge in [-0.25, -0.2) is 18.1 Å². The number of unbranched alkanes of at least 4 members (excludes halogenated alkanes) is 2. The highest BCUT2D eigenvalue weighted by Gasteiger charge is 2.25. The van der Waals surface area contributed by atoms with Crippen molar-refractivity contribution in [3.63, 3.8) is 0 Å². The van der Waals surface area contributed by atoms with Crippen molar-refractivity contribution < 1.29 is 8.42 Å². The van der Waals surface area contributed by atoms with Gasteiger partial charge in [0.05, 0.1) is 17.6 Å². The molecule has 1 unspecified atom stereocenters. The molecule has 0 spiro atoms. The van der Waals surface area contributed by atoms with Gasteiger partial charge < -0.3 is 9.88 Å². The first-order valence-corrected chi connectivity index (χ1v) is 16.3. The van der Waals surface area contributed by atoms with Gasteiger partial charge in [0.1, 0.15) is 5.82 Å². The molecule has 0 fully saturated rings. The van der Waals surface area contributed by atoms with Crippen molar-refractivity contribution in [3.8, 4) is 22.6 Å². The van der Waals surface area contributed by atoms with Crippen molar-refractivity contribution in [2.24, 2.45) is 0 Å². The third kappa shape index (κ3) is 8.13. The van der Waals surface area contributed by atoms with E-state index in [1.165, 1.54) is 11.9 Å². The fraction of sp³-hybridized carbons (Fsp3) is 0.364. The van der Waals surface area contributed by atoms with Gasteiger partial charge in [-0.05, 0) is 24.0 Å². The SMILES string of the molecule is CCCCC(NCc1ccc(CNS(C)(=O)=O)cc1)c1c(-c2ccccc2)nc(-c2ccccc2)n1CCCC. The maximum atomic E-state index is 11.5. The third-order valence-electron chi connectivity index (χ3n) is 7.11. The number of nitrogens with zero attached hydrogens (tertiary/aromatic N) is 2. The lowest BCUT2D eigenvalue weighted by atomic mass is 10.00. The molecule has 0 amide bonds. The number of benzene rings is 3. The molecule has 0 radical (unpaired) electrons. The monoisotopic (exact) mass is 558 g/mol. The van der Waals surface area contributed by atoms with Crippen LogP contribution in [0.15, 0.2) is 84.9 Å². The van der Waals surface area contributed by atoms with Gasteiger partial charge >= 0.3 is 0 Å². The summed E-state index contributed by atoms with van der Waals surface area (Å²) in [6, 6.07) is 29.3. The molecule has 0 aliphatic rings. The number of hydrogen-bond donors (Lipinski definition) is 2. The van der Waals surface area contributed by atoms with Gasteiger partial charge in [0.15, 0.2) is 0 Å². The molecule has 1 aromatic heterocycles. The highest BCUT2D eigenvalue weighted by molar-refractivity contribution is 7.88. The van der Waals surface area contributed by atoms with Gasteiger partial charge in [-0.3, -0.25) is 0 Å². The van der Waals surface area contributed by atoms with Crippen molar-refractivity contribution >= 4 is 10.0 Å². The van der Waals surface area contributed by atoms with Gasteiger partial charge in [-0.15, -0.1) is 0 Å². The molecule has 4 aromatic rings. The van der Waals surface area contributed by atoms with Crippen LogP contribution in [-0.2, 0) is 29.7 Å². The highest BCUT2D eigenvalue weighted by atomic mass is 32.2. The topological polar surface area (TPSA) is 76.0 Å². The Bertz CT molecular complexity index is 1430. The Kier molecular flexibility index (Phi) is 10.7. The van der Waals surface area contributed by atoms with E-state index < -0.39 is 10.0 Å². The summed E-state index contributed by atoms with van der Waals surface area (Å²) in [7, 11) is -3.22. The van der Waals surface area contributed by atoms with Crippen molar-refractivity contribution in [3.05, 3.63) is 102 Å². The van der Waals surface area contributed by atoms with E-state index in [1.807, 2.05) is 12.1 Å². The number of rotatable bonds is 15. The standard InChI is InChI=1S/C33H42N4O2S/c1-4-6-18-30(34-24-26-19-21-27(22-20-26)25-35-40(3,38)39)32-31(28-14-10-8-11-15-28)36-33(37(32)23-7-5-2)29-16-12-9-13-17-29/h8-17,19-22,30,34-35H,4-7,18,23-25H2,1-3H3. The molecule has 2 N–H and O–H groups in total. The van der Waals surface area contributed by atoms with Gasteiger partial charge in [0.2, 0.25) is 10.0 Å². The zero-order chi connectivity index (χ0) is 28.4. The van der Waals surface area contributed by atoms with Crippen LogP contribution in [0.25, 0.3) is 22.6 Å². The highest BCUT2D eigenvalue weighted by Crippen LogP contribution is 2.35. The minimum atomic E-state index is -3.22. The zero-order valence-corrected chi connectivity index (χ0v) is 24.8. The van der Waals surface area contributed by atoms with Crippen LogP contribution in [-0.4, -0.2) is 24.2 Å². The first-order valence-electron chi connectivity index (χ1n) is 14.4. The van der Waals surface area contributed by atoms with E-state index in [-0.39, 0.29) is 6.04 Å². The second kappa shape index (κ2) is 14.4. The molecule has 4 rings (SSSR count). The Hall–Kier alpha value is -3.26. The Labute approximate surface area is 239 Å². The average molecular weight is 559 g/mol. The summed E-state index contributed by atoms with van der Waals surface area (Å²) in [4.78, 5) is 5.31. The second-order valence-electron chi connectivity index (χ2n) is 10.4. The summed E-state index contributed by atoms with van der Waals surface area (Å²) in [5, 5.41) is 3.88. The molecule has 7 heteroatoms. The zero-order valence-electron chi connectivity index (χ0n) is 23.9. The molecule has 1 heterocycles. The van der Waals surface area contributed by atoms with Crippen LogP contribution < -0.4 is 10.0 Å². The van der Waals surface area contributed by atoms with Gasteiger partial charge in [0.25, 0.3) is 0 Å². The Morgan fingerprint density at radius 3 is 1.93 bits per heavy atom. The maximum absolute atomic E-state index is 11.5. The number of imidazole rings is 1. The summed E-state index contributed by atoms with van der Waals surface area (Å²) in [5.41, 5.74) is 6.67. The summed E-state index contributed by atoms with van der Waals surface area (Å²) >= 11 is 0. The molecule has 212 valence electrons. The normalized spacial score (nSPS) is 12.5. The predicted molar refractivity (Wildman–Crippen MR) is 165 cm³/mol. The number of sulfonamides is 1. The Balaban J connectivity index is 1.70. The summed E-state index contributed by atoms with van der Waals surface area (Å²) in [5.74, 6) is 1.02. The minimum absolute atomic E-state index is 0.128. The van der Waals surface area contributed by atoms with Gasteiger partial charge in [0, 0.05) is 36.8 Å². The molecule has 0 saturated heterocycles. The quantitative estimate of drug-likeness (QED) is 0.163. The average Bonchev–Trinajstić information content (AvgIpc) is 3.35. The van der Waals surface area contributed by atoms with Gasteiger partial charge in [-0.2, -0.15) is 0 Å². The molecular formula is C33H42N4O2S. The molecule has 0 saturated carbocycles. The lowest BCUT2D eigenvalue weighted by Crippen LogP contribution is -2.25. The summed E-state index contributed by atoms with van der Waals surface area (Å²) in [6.07, 6.45) is 6.62. The van der Waals surface area contributed by atoms with E-state index in [1.54, 1.807) is 0 Å².